The second-order valence-electron chi connectivity index (χ2n) is 5.79. The second kappa shape index (κ2) is 6.67. The molecule has 0 saturated heterocycles. The fourth-order valence-electron chi connectivity index (χ4n) is 2.28. The first-order valence-electron chi connectivity index (χ1n) is 7.38. The highest BCUT2D eigenvalue weighted by atomic mass is 16.6. The summed E-state index contributed by atoms with van der Waals surface area (Å²) >= 11 is 0. The lowest BCUT2D eigenvalue weighted by atomic mass is 10.1. The molecule has 0 bridgehead atoms. The quantitative estimate of drug-likeness (QED) is 0.576. The first-order valence-corrected chi connectivity index (χ1v) is 7.38. The zero-order valence-electron chi connectivity index (χ0n) is 13.4. The van der Waals surface area contributed by atoms with Crippen LogP contribution in [-0.4, -0.2) is 24.8 Å². The first kappa shape index (κ1) is 16.1. The van der Waals surface area contributed by atoms with Crippen LogP contribution in [0.1, 0.15) is 43.4 Å². The molecule has 0 atom stereocenters. The average molecular weight is 307 g/mol. The molecule has 0 saturated carbocycles. The molecule has 0 aliphatic rings. The highest BCUT2D eigenvalue weighted by Gasteiger charge is 2.21. The number of aryl methyl sites for hydroxylation is 4. The van der Waals surface area contributed by atoms with Gasteiger partial charge in [-0.1, -0.05) is 19.0 Å². The Kier molecular flexibility index (Phi) is 4.89. The number of nitro groups is 1. The summed E-state index contributed by atoms with van der Waals surface area (Å²) in [7, 11) is 0. The molecule has 2 aromatic heterocycles. The van der Waals surface area contributed by atoms with Crippen molar-refractivity contribution < 1.29 is 9.45 Å². The molecule has 0 fully saturated rings. The van der Waals surface area contributed by atoms with Crippen LogP contribution in [0.4, 0.5) is 5.69 Å². The van der Waals surface area contributed by atoms with E-state index in [1.165, 1.54) is 0 Å². The smallest absolute Gasteiger partial charge is 0.312 e. The van der Waals surface area contributed by atoms with E-state index in [9.17, 15) is 10.1 Å². The van der Waals surface area contributed by atoms with Gasteiger partial charge in [0, 0.05) is 12.8 Å². The van der Waals surface area contributed by atoms with Gasteiger partial charge in [0.15, 0.2) is 5.82 Å². The molecule has 22 heavy (non-hydrogen) atoms. The minimum absolute atomic E-state index is 0.0724. The second-order valence-corrected chi connectivity index (χ2v) is 5.79. The summed E-state index contributed by atoms with van der Waals surface area (Å²) in [4.78, 5) is 14.9. The van der Waals surface area contributed by atoms with Crippen molar-refractivity contribution >= 4 is 5.69 Å². The lowest BCUT2D eigenvalue weighted by molar-refractivity contribution is -0.386. The monoisotopic (exact) mass is 307 g/mol. The van der Waals surface area contributed by atoms with Gasteiger partial charge < -0.3 is 4.52 Å². The van der Waals surface area contributed by atoms with Crippen molar-refractivity contribution in [2.24, 2.45) is 5.92 Å². The molecule has 0 unspecified atom stereocenters. The summed E-state index contributed by atoms with van der Waals surface area (Å²) in [6.07, 6.45) is 2.32. The topological polar surface area (TPSA) is 99.9 Å². The Balaban J connectivity index is 1.99. The predicted molar refractivity (Wildman–Crippen MR) is 79.5 cm³/mol. The van der Waals surface area contributed by atoms with Gasteiger partial charge in [-0.25, -0.2) is 0 Å². The molecule has 2 aromatic rings. The van der Waals surface area contributed by atoms with Crippen LogP contribution in [0.15, 0.2) is 4.52 Å². The molecule has 0 spiro atoms. The van der Waals surface area contributed by atoms with E-state index in [1.807, 2.05) is 0 Å². The van der Waals surface area contributed by atoms with E-state index in [0.717, 1.165) is 12.8 Å². The van der Waals surface area contributed by atoms with Crippen LogP contribution in [-0.2, 0) is 19.4 Å². The minimum Gasteiger partial charge on any atom is -0.339 e. The van der Waals surface area contributed by atoms with Crippen LogP contribution in [0.2, 0.25) is 0 Å². The average Bonchev–Trinajstić information content (AvgIpc) is 2.98. The molecule has 0 radical (unpaired) electrons. The molecule has 120 valence electrons. The van der Waals surface area contributed by atoms with E-state index in [4.69, 9.17) is 4.52 Å². The number of rotatable bonds is 7. The summed E-state index contributed by atoms with van der Waals surface area (Å²) in [5.74, 6) is 1.84. The van der Waals surface area contributed by atoms with Gasteiger partial charge in [-0.05, 0) is 26.2 Å². The van der Waals surface area contributed by atoms with E-state index in [1.54, 1.807) is 18.5 Å². The van der Waals surface area contributed by atoms with E-state index in [2.05, 4.69) is 29.1 Å². The van der Waals surface area contributed by atoms with Crippen molar-refractivity contribution in [2.75, 3.05) is 0 Å². The normalized spacial score (nSPS) is 11.3. The maximum atomic E-state index is 11.0. The minimum atomic E-state index is -0.398. The Bertz CT molecular complexity index is 659. The maximum Gasteiger partial charge on any atom is 0.312 e. The molecule has 0 N–H and O–H groups in total. The largest absolute Gasteiger partial charge is 0.339 e. The number of hydrogen-bond donors (Lipinski definition) is 0. The third-order valence-corrected chi connectivity index (χ3v) is 3.52. The van der Waals surface area contributed by atoms with Crippen molar-refractivity contribution in [1.82, 2.24) is 19.9 Å². The van der Waals surface area contributed by atoms with Gasteiger partial charge >= 0.3 is 5.69 Å². The number of hydrogen-bond acceptors (Lipinski definition) is 6. The van der Waals surface area contributed by atoms with Crippen LogP contribution < -0.4 is 0 Å². The van der Waals surface area contributed by atoms with Crippen LogP contribution in [0.3, 0.4) is 0 Å². The van der Waals surface area contributed by atoms with Crippen molar-refractivity contribution in [3.05, 3.63) is 33.2 Å². The van der Waals surface area contributed by atoms with Gasteiger partial charge in [0.1, 0.15) is 11.4 Å². The number of nitrogens with zero attached hydrogens (tertiary/aromatic N) is 5. The summed E-state index contributed by atoms with van der Waals surface area (Å²) in [6.45, 7) is 8.11. The summed E-state index contributed by atoms with van der Waals surface area (Å²) in [5, 5.41) is 19.1. The van der Waals surface area contributed by atoms with E-state index < -0.39 is 4.92 Å². The molecule has 0 aliphatic carbocycles. The molecule has 0 aromatic carbocycles. The Morgan fingerprint density at radius 2 is 2.05 bits per heavy atom. The van der Waals surface area contributed by atoms with Crippen molar-refractivity contribution in [3.8, 4) is 0 Å². The third-order valence-electron chi connectivity index (χ3n) is 3.52. The van der Waals surface area contributed by atoms with Gasteiger partial charge in [0.2, 0.25) is 5.89 Å². The third kappa shape index (κ3) is 3.69. The zero-order chi connectivity index (χ0) is 16.3. The lowest BCUT2D eigenvalue weighted by Crippen LogP contribution is -2.06. The predicted octanol–water partition coefficient (Wildman–Crippen LogP) is 2.62. The van der Waals surface area contributed by atoms with Crippen molar-refractivity contribution in [2.45, 2.75) is 53.5 Å². The Morgan fingerprint density at radius 1 is 1.32 bits per heavy atom. The molecule has 2 heterocycles. The summed E-state index contributed by atoms with van der Waals surface area (Å²) in [5.41, 5.74) is 1.04. The Morgan fingerprint density at radius 3 is 2.64 bits per heavy atom. The van der Waals surface area contributed by atoms with Gasteiger partial charge in [-0.15, -0.1) is 0 Å². The fourth-order valence-corrected chi connectivity index (χ4v) is 2.28. The summed E-state index contributed by atoms with van der Waals surface area (Å²) < 4.78 is 6.82. The SMILES string of the molecule is Cc1nn(CCc2nc(CCC(C)C)no2)c(C)c1[N+](=O)[O-]. The van der Waals surface area contributed by atoms with E-state index >= 15 is 0 Å². The fraction of sp³-hybridized carbons (Fsp3) is 0.643. The summed E-state index contributed by atoms with van der Waals surface area (Å²) in [6, 6.07) is 0. The van der Waals surface area contributed by atoms with Crippen LogP contribution in [0.5, 0.6) is 0 Å². The molecule has 8 nitrogen and oxygen atoms in total. The Hall–Kier alpha value is -2.25. The maximum absolute atomic E-state index is 11.0. The standard InChI is InChI=1S/C14H21N5O3/c1-9(2)5-6-12-15-13(22-17-12)7-8-18-11(4)14(19(20)21)10(3)16-18/h9H,5-8H2,1-4H3. The van der Waals surface area contributed by atoms with Gasteiger partial charge in [-0.3, -0.25) is 14.8 Å². The molecule has 2 rings (SSSR count). The highest BCUT2D eigenvalue weighted by Crippen LogP contribution is 2.21. The van der Waals surface area contributed by atoms with Crippen LogP contribution >= 0.6 is 0 Å². The molecule has 0 amide bonds. The van der Waals surface area contributed by atoms with Crippen LogP contribution in [0, 0.1) is 29.9 Å². The highest BCUT2D eigenvalue weighted by molar-refractivity contribution is 5.39. The van der Waals surface area contributed by atoms with E-state index in [0.29, 0.717) is 42.0 Å². The van der Waals surface area contributed by atoms with Gasteiger partial charge in [0.05, 0.1) is 11.5 Å². The van der Waals surface area contributed by atoms with Crippen LogP contribution in [0.25, 0.3) is 0 Å². The Labute approximate surface area is 128 Å². The molecular formula is C14H21N5O3. The molecular weight excluding hydrogens is 286 g/mol. The van der Waals surface area contributed by atoms with Gasteiger partial charge in [-0.2, -0.15) is 10.1 Å². The van der Waals surface area contributed by atoms with Crippen molar-refractivity contribution in [1.29, 1.82) is 0 Å². The molecule has 8 heteroatoms. The lowest BCUT2D eigenvalue weighted by Gasteiger charge is -2.00. The molecule has 0 aliphatic heterocycles. The first-order chi connectivity index (χ1) is 10.4. The van der Waals surface area contributed by atoms with Crippen molar-refractivity contribution in [3.63, 3.8) is 0 Å². The van der Waals surface area contributed by atoms with Gasteiger partial charge in [0.25, 0.3) is 0 Å². The van der Waals surface area contributed by atoms with E-state index in [-0.39, 0.29) is 5.69 Å². The number of aromatic nitrogens is 4. The zero-order valence-corrected chi connectivity index (χ0v) is 13.4.